The van der Waals surface area contributed by atoms with E-state index in [2.05, 4.69) is 12.2 Å². The SMILES string of the molecule is CCc1ccc(C(=O)CCC(=O)NCCc2ccccc2F)cc1. The number of aryl methyl sites for hydroxylation is 1. The van der Waals surface area contributed by atoms with Gasteiger partial charge in [-0.25, -0.2) is 4.39 Å². The molecule has 2 aromatic carbocycles. The monoisotopic (exact) mass is 327 g/mol. The van der Waals surface area contributed by atoms with Crippen LogP contribution in [0, 0.1) is 5.82 Å². The highest BCUT2D eigenvalue weighted by atomic mass is 19.1. The molecule has 0 aromatic heterocycles. The molecule has 0 fully saturated rings. The average Bonchev–Trinajstić information content (AvgIpc) is 2.61. The van der Waals surface area contributed by atoms with Crippen LogP contribution < -0.4 is 5.32 Å². The van der Waals surface area contributed by atoms with Crippen LogP contribution in [0.2, 0.25) is 0 Å². The number of hydrogen-bond acceptors (Lipinski definition) is 2. The van der Waals surface area contributed by atoms with E-state index in [1.807, 2.05) is 12.1 Å². The number of ketones is 1. The highest BCUT2D eigenvalue weighted by molar-refractivity contribution is 5.97. The van der Waals surface area contributed by atoms with Crippen LogP contribution in [0.3, 0.4) is 0 Å². The van der Waals surface area contributed by atoms with Crippen LogP contribution >= 0.6 is 0 Å². The maximum atomic E-state index is 13.5. The Bertz CT molecular complexity index is 695. The van der Waals surface area contributed by atoms with E-state index in [1.165, 1.54) is 11.6 Å². The molecule has 0 spiro atoms. The number of amides is 1. The molecule has 3 nitrogen and oxygen atoms in total. The zero-order valence-electron chi connectivity index (χ0n) is 13.8. The Morgan fingerprint density at radius 2 is 1.71 bits per heavy atom. The Hall–Kier alpha value is -2.49. The molecule has 0 aliphatic rings. The van der Waals surface area contributed by atoms with Gasteiger partial charge in [-0.3, -0.25) is 9.59 Å². The highest BCUT2D eigenvalue weighted by Gasteiger charge is 2.09. The Labute approximate surface area is 141 Å². The van der Waals surface area contributed by atoms with Gasteiger partial charge in [0, 0.05) is 24.9 Å². The maximum absolute atomic E-state index is 13.5. The first kappa shape index (κ1) is 17.9. The molecule has 126 valence electrons. The van der Waals surface area contributed by atoms with Gasteiger partial charge in [-0.15, -0.1) is 0 Å². The molecule has 1 amide bonds. The van der Waals surface area contributed by atoms with Crippen molar-refractivity contribution in [3.8, 4) is 0 Å². The molecule has 0 aliphatic carbocycles. The van der Waals surface area contributed by atoms with Gasteiger partial charge in [0.05, 0.1) is 0 Å². The molecule has 4 heteroatoms. The van der Waals surface area contributed by atoms with Gasteiger partial charge in [0.25, 0.3) is 0 Å². The molecule has 24 heavy (non-hydrogen) atoms. The number of rotatable bonds is 8. The summed E-state index contributed by atoms with van der Waals surface area (Å²) in [6.45, 7) is 2.42. The highest BCUT2D eigenvalue weighted by Crippen LogP contribution is 2.09. The van der Waals surface area contributed by atoms with E-state index in [4.69, 9.17) is 0 Å². The molecule has 0 saturated carbocycles. The number of nitrogens with one attached hydrogen (secondary N) is 1. The predicted octanol–water partition coefficient (Wildman–Crippen LogP) is 3.71. The van der Waals surface area contributed by atoms with Gasteiger partial charge in [0.2, 0.25) is 5.91 Å². The van der Waals surface area contributed by atoms with Gasteiger partial charge in [-0.1, -0.05) is 49.4 Å². The standard InChI is InChI=1S/C20H22FNO2/c1-2-15-7-9-17(10-8-15)19(23)11-12-20(24)22-14-13-16-5-3-4-6-18(16)21/h3-10H,2,11-14H2,1H3,(H,22,24). The van der Waals surface area contributed by atoms with E-state index in [9.17, 15) is 14.0 Å². The fraction of sp³-hybridized carbons (Fsp3) is 0.300. The minimum atomic E-state index is -0.266. The summed E-state index contributed by atoms with van der Waals surface area (Å²) in [5.41, 5.74) is 2.38. The molecule has 2 rings (SSSR count). The molecule has 0 heterocycles. The van der Waals surface area contributed by atoms with E-state index in [1.54, 1.807) is 30.3 Å². The summed E-state index contributed by atoms with van der Waals surface area (Å²) < 4.78 is 13.5. The minimum absolute atomic E-state index is 0.0399. The zero-order valence-corrected chi connectivity index (χ0v) is 13.8. The number of Topliss-reactive ketones (excluding diaryl/α,β-unsaturated/α-hetero) is 1. The smallest absolute Gasteiger partial charge is 0.220 e. The largest absolute Gasteiger partial charge is 0.356 e. The summed E-state index contributed by atoms with van der Waals surface area (Å²) in [7, 11) is 0. The van der Waals surface area contributed by atoms with E-state index < -0.39 is 0 Å². The minimum Gasteiger partial charge on any atom is -0.356 e. The van der Waals surface area contributed by atoms with Crippen molar-refractivity contribution in [3.05, 3.63) is 71.0 Å². The van der Waals surface area contributed by atoms with Crippen molar-refractivity contribution in [3.63, 3.8) is 0 Å². The third kappa shape index (κ3) is 5.30. The van der Waals surface area contributed by atoms with Crippen molar-refractivity contribution in [2.24, 2.45) is 0 Å². The quantitative estimate of drug-likeness (QED) is 0.751. The normalized spacial score (nSPS) is 10.4. The van der Waals surface area contributed by atoms with Crippen LogP contribution in [-0.4, -0.2) is 18.2 Å². The summed E-state index contributed by atoms with van der Waals surface area (Å²) in [4.78, 5) is 23.9. The lowest BCUT2D eigenvalue weighted by Crippen LogP contribution is -2.26. The fourth-order valence-electron chi connectivity index (χ4n) is 2.42. The number of carbonyl (C=O) groups excluding carboxylic acids is 2. The maximum Gasteiger partial charge on any atom is 0.220 e. The molecule has 2 aromatic rings. The van der Waals surface area contributed by atoms with Crippen molar-refractivity contribution in [1.82, 2.24) is 5.32 Å². The number of hydrogen-bond donors (Lipinski definition) is 1. The van der Waals surface area contributed by atoms with Crippen molar-refractivity contribution in [2.45, 2.75) is 32.6 Å². The van der Waals surface area contributed by atoms with Gasteiger partial charge in [-0.05, 0) is 30.0 Å². The van der Waals surface area contributed by atoms with Gasteiger partial charge >= 0.3 is 0 Å². The first-order valence-corrected chi connectivity index (χ1v) is 8.22. The molecule has 1 N–H and O–H groups in total. The Balaban J connectivity index is 1.72. The molecule has 0 saturated heterocycles. The molecule has 0 radical (unpaired) electrons. The summed E-state index contributed by atoms with van der Waals surface area (Å²) in [5, 5.41) is 2.73. The molecule has 0 bridgehead atoms. The van der Waals surface area contributed by atoms with Crippen LogP contribution in [0.5, 0.6) is 0 Å². The molecular formula is C20H22FNO2. The van der Waals surface area contributed by atoms with Crippen LogP contribution in [0.1, 0.15) is 41.3 Å². The van der Waals surface area contributed by atoms with Gasteiger partial charge < -0.3 is 5.32 Å². The van der Waals surface area contributed by atoms with E-state index in [-0.39, 0.29) is 30.3 Å². The van der Waals surface area contributed by atoms with E-state index >= 15 is 0 Å². The summed E-state index contributed by atoms with van der Waals surface area (Å²) in [5.74, 6) is -0.496. The fourth-order valence-corrected chi connectivity index (χ4v) is 2.42. The Kier molecular flexibility index (Phi) is 6.67. The Morgan fingerprint density at radius 3 is 2.38 bits per heavy atom. The lowest BCUT2D eigenvalue weighted by molar-refractivity contribution is -0.121. The van der Waals surface area contributed by atoms with Crippen LogP contribution in [0.15, 0.2) is 48.5 Å². The first-order chi connectivity index (χ1) is 11.6. The average molecular weight is 327 g/mol. The van der Waals surface area contributed by atoms with Crippen molar-refractivity contribution < 1.29 is 14.0 Å². The predicted molar refractivity (Wildman–Crippen MR) is 92.5 cm³/mol. The van der Waals surface area contributed by atoms with E-state index in [0.717, 1.165) is 6.42 Å². The second-order valence-electron chi connectivity index (χ2n) is 5.67. The summed E-state index contributed by atoms with van der Waals surface area (Å²) >= 11 is 0. The van der Waals surface area contributed by atoms with Gasteiger partial charge in [-0.2, -0.15) is 0 Å². The number of carbonyl (C=O) groups is 2. The second-order valence-corrected chi connectivity index (χ2v) is 5.67. The van der Waals surface area contributed by atoms with Crippen LogP contribution in [0.25, 0.3) is 0 Å². The van der Waals surface area contributed by atoms with Gasteiger partial charge in [0.15, 0.2) is 5.78 Å². The topological polar surface area (TPSA) is 46.2 Å². The van der Waals surface area contributed by atoms with Crippen LogP contribution in [-0.2, 0) is 17.6 Å². The summed E-state index contributed by atoms with van der Waals surface area (Å²) in [6.07, 6.45) is 1.69. The lowest BCUT2D eigenvalue weighted by atomic mass is 10.0. The number of halogens is 1. The first-order valence-electron chi connectivity index (χ1n) is 8.22. The molecule has 0 atom stereocenters. The number of benzene rings is 2. The van der Waals surface area contributed by atoms with E-state index in [0.29, 0.717) is 24.1 Å². The Morgan fingerprint density at radius 1 is 1.00 bits per heavy atom. The molecule has 0 aliphatic heterocycles. The van der Waals surface area contributed by atoms with Gasteiger partial charge in [0.1, 0.15) is 5.82 Å². The van der Waals surface area contributed by atoms with Crippen molar-refractivity contribution in [1.29, 1.82) is 0 Å². The third-order valence-corrected chi connectivity index (χ3v) is 3.94. The summed E-state index contributed by atoms with van der Waals surface area (Å²) in [6, 6.07) is 14.0. The second kappa shape index (κ2) is 8.96. The third-order valence-electron chi connectivity index (χ3n) is 3.94. The van der Waals surface area contributed by atoms with Crippen molar-refractivity contribution in [2.75, 3.05) is 6.54 Å². The van der Waals surface area contributed by atoms with Crippen molar-refractivity contribution >= 4 is 11.7 Å². The zero-order chi connectivity index (χ0) is 17.4. The lowest BCUT2D eigenvalue weighted by Gasteiger charge is -2.06. The van der Waals surface area contributed by atoms with Crippen LogP contribution in [0.4, 0.5) is 4.39 Å². The molecule has 0 unspecified atom stereocenters. The molecular weight excluding hydrogens is 305 g/mol.